The van der Waals surface area contributed by atoms with E-state index in [4.69, 9.17) is 11.6 Å². The third-order valence-corrected chi connectivity index (χ3v) is 7.44. The van der Waals surface area contributed by atoms with Crippen molar-refractivity contribution in [1.29, 1.82) is 0 Å². The van der Waals surface area contributed by atoms with Crippen LogP contribution in [0, 0.1) is 30.3 Å². The van der Waals surface area contributed by atoms with E-state index in [9.17, 15) is 13.2 Å². The first kappa shape index (κ1) is 23.9. The lowest BCUT2D eigenvalue weighted by Gasteiger charge is -2.29. The van der Waals surface area contributed by atoms with Crippen LogP contribution in [0.1, 0.15) is 65.8 Å². The molecule has 4 rings (SSSR count). The van der Waals surface area contributed by atoms with Gasteiger partial charge in [-0.2, -0.15) is 0 Å². The number of rotatable bonds is 7. The Bertz CT molecular complexity index is 1060. The number of hydrogen-bond donors (Lipinski definition) is 0. The fourth-order valence-corrected chi connectivity index (χ4v) is 5.08. The van der Waals surface area contributed by atoms with Crippen LogP contribution in [0.25, 0.3) is 0 Å². The number of halogens is 4. The van der Waals surface area contributed by atoms with Gasteiger partial charge in [0.2, 0.25) is 0 Å². The van der Waals surface area contributed by atoms with E-state index in [0.717, 1.165) is 18.4 Å². The highest BCUT2D eigenvalue weighted by Gasteiger charge is 2.22. The molecule has 33 heavy (non-hydrogen) atoms. The molecule has 3 aromatic carbocycles. The smallest absolute Gasteiger partial charge is 0.145 e. The number of aryl methyl sites for hydroxylation is 4. The van der Waals surface area contributed by atoms with Crippen molar-refractivity contribution in [3.05, 3.63) is 105 Å². The molecule has 174 valence electrons. The molecule has 1 aliphatic carbocycles. The van der Waals surface area contributed by atoms with Crippen molar-refractivity contribution in [2.24, 2.45) is 5.92 Å². The van der Waals surface area contributed by atoms with E-state index < -0.39 is 16.7 Å². The van der Waals surface area contributed by atoms with Crippen LogP contribution in [-0.2, 0) is 19.3 Å². The summed E-state index contributed by atoms with van der Waals surface area (Å²) in [5.41, 5.74) is 4.81. The molecule has 0 bridgehead atoms. The highest BCUT2D eigenvalue weighted by molar-refractivity contribution is 6.30. The van der Waals surface area contributed by atoms with Crippen LogP contribution >= 0.6 is 11.6 Å². The molecule has 0 amide bonds. The predicted octanol–water partition coefficient (Wildman–Crippen LogP) is 8.76. The Labute approximate surface area is 199 Å². The third kappa shape index (κ3) is 6.20. The zero-order valence-corrected chi connectivity index (χ0v) is 19.8. The first-order chi connectivity index (χ1) is 15.9. The highest BCUT2D eigenvalue weighted by Crippen LogP contribution is 2.37. The Balaban J connectivity index is 1.26. The van der Waals surface area contributed by atoms with Gasteiger partial charge >= 0.3 is 0 Å². The van der Waals surface area contributed by atoms with Gasteiger partial charge in [0.05, 0.1) is 0 Å². The van der Waals surface area contributed by atoms with Crippen LogP contribution in [0.2, 0.25) is 5.02 Å². The largest absolute Gasteiger partial charge is 0.207 e. The maximum absolute atomic E-state index is 14.6. The summed E-state index contributed by atoms with van der Waals surface area (Å²) in [6.45, 7) is 2.12. The van der Waals surface area contributed by atoms with Crippen molar-refractivity contribution in [3.8, 4) is 0 Å². The zero-order valence-electron chi connectivity index (χ0n) is 19.0. The summed E-state index contributed by atoms with van der Waals surface area (Å²) in [6, 6.07) is 16.8. The Kier molecular flexibility index (Phi) is 7.80. The second kappa shape index (κ2) is 10.8. The topological polar surface area (TPSA) is 0 Å². The standard InChI is InChI=1S/C29H30ClF3/c1-19-2-10-23(11-3-19)24-12-6-20(7-13-24)4-5-21-8-14-25(26(31)16-21)15-9-22-17-27(32)29(30)28(33)18-22/h2-3,8,10-11,14,16-18,20,24H,4-7,9,12-13,15H2,1H3/t20-,24-. The lowest BCUT2D eigenvalue weighted by molar-refractivity contribution is 0.310. The minimum atomic E-state index is -0.782. The van der Waals surface area contributed by atoms with E-state index in [1.165, 1.54) is 48.9 Å². The van der Waals surface area contributed by atoms with Crippen molar-refractivity contribution < 1.29 is 13.2 Å². The molecule has 1 saturated carbocycles. The lowest BCUT2D eigenvalue weighted by atomic mass is 9.77. The van der Waals surface area contributed by atoms with Gasteiger partial charge in [-0.3, -0.25) is 0 Å². The van der Waals surface area contributed by atoms with Gasteiger partial charge in [0.15, 0.2) is 0 Å². The average Bonchev–Trinajstić information content (AvgIpc) is 2.81. The normalized spacial score (nSPS) is 18.5. The van der Waals surface area contributed by atoms with Crippen LogP contribution in [0.5, 0.6) is 0 Å². The molecular formula is C29H30ClF3. The molecule has 0 saturated heterocycles. The van der Waals surface area contributed by atoms with E-state index in [1.807, 2.05) is 12.1 Å². The molecular weight excluding hydrogens is 441 g/mol. The number of hydrogen-bond acceptors (Lipinski definition) is 0. The van der Waals surface area contributed by atoms with E-state index in [-0.39, 0.29) is 5.82 Å². The van der Waals surface area contributed by atoms with Crippen LogP contribution in [0.3, 0.4) is 0 Å². The molecule has 0 unspecified atom stereocenters. The second-order valence-corrected chi connectivity index (χ2v) is 9.84. The molecule has 0 radical (unpaired) electrons. The summed E-state index contributed by atoms with van der Waals surface area (Å²) in [7, 11) is 0. The van der Waals surface area contributed by atoms with Crippen LogP contribution in [-0.4, -0.2) is 0 Å². The van der Waals surface area contributed by atoms with Gasteiger partial charge in [-0.25, -0.2) is 13.2 Å². The van der Waals surface area contributed by atoms with E-state index in [0.29, 0.717) is 35.8 Å². The Morgan fingerprint density at radius 2 is 1.36 bits per heavy atom. The minimum Gasteiger partial charge on any atom is -0.207 e. The van der Waals surface area contributed by atoms with E-state index >= 15 is 0 Å². The van der Waals surface area contributed by atoms with Gasteiger partial charge < -0.3 is 0 Å². The van der Waals surface area contributed by atoms with Crippen molar-refractivity contribution in [1.82, 2.24) is 0 Å². The molecule has 0 atom stereocenters. The fraction of sp³-hybridized carbons (Fsp3) is 0.379. The fourth-order valence-electron chi connectivity index (χ4n) is 4.97. The summed E-state index contributed by atoms with van der Waals surface area (Å²) >= 11 is 5.53. The maximum atomic E-state index is 14.6. The number of benzene rings is 3. The molecule has 0 aliphatic heterocycles. The zero-order chi connectivity index (χ0) is 23.4. The Hall–Kier alpha value is -2.26. The summed E-state index contributed by atoms with van der Waals surface area (Å²) in [6.07, 6.45) is 7.62. The van der Waals surface area contributed by atoms with Gasteiger partial charge in [-0.05, 0) is 111 Å². The Morgan fingerprint density at radius 1 is 0.727 bits per heavy atom. The summed E-state index contributed by atoms with van der Waals surface area (Å²) in [4.78, 5) is 0. The van der Waals surface area contributed by atoms with Crippen molar-refractivity contribution in [2.45, 2.75) is 64.2 Å². The minimum absolute atomic E-state index is 0.245. The molecule has 0 heterocycles. The van der Waals surface area contributed by atoms with E-state index in [1.54, 1.807) is 6.07 Å². The third-order valence-electron chi connectivity index (χ3n) is 7.08. The van der Waals surface area contributed by atoms with Crippen LogP contribution < -0.4 is 0 Å². The quantitative estimate of drug-likeness (QED) is 0.303. The summed E-state index contributed by atoms with van der Waals surface area (Å²) in [5, 5.41) is -0.502. The molecule has 0 aromatic heterocycles. The second-order valence-electron chi connectivity index (χ2n) is 9.47. The van der Waals surface area contributed by atoms with Crippen molar-refractivity contribution >= 4 is 11.6 Å². The SMILES string of the molecule is Cc1ccc([C@H]2CC[C@H](CCc3ccc(CCc4cc(F)c(Cl)c(F)c4)c(F)c3)CC2)cc1. The van der Waals surface area contributed by atoms with Crippen LogP contribution in [0.4, 0.5) is 13.2 Å². The monoisotopic (exact) mass is 470 g/mol. The molecule has 0 nitrogen and oxygen atoms in total. The molecule has 0 N–H and O–H groups in total. The molecule has 0 spiro atoms. The molecule has 4 heteroatoms. The first-order valence-electron chi connectivity index (χ1n) is 11.9. The van der Waals surface area contributed by atoms with E-state index in [2.05, 4.69) is 31.2 Å². The molecule has 1 aliphatic rings. The van der Waals surface area contributed by atoms with Crippen LogP contribution in [0.15, 0.2) is 54.6 Å². The Morgan fingerprint density at radius 3 is 2.00 bits per heavy atom. The lowest BCUT2D eigenvalue weighted by Crippen LogP contribution is -2.14. The van der Waals surface area contributed by atoms with Gasteiger partial charge in [0.25, 0.3) is 0 Å². The summed E-state index contributed by atoms with van der Waals surface area (Å²) < 4.78 is 41.9. The van der Waals surface area contributed by atoms with Crippen molar-refractivity contribution in [2.75, 3.05) is 0 Å². The van der Waals surface area contributed by atoms with Gasteiger partial charge in [-0.1, -0.05) is 53.6 Å². The maximum Gasteiger partial charge on any atom is 0.145 e. The predicted molar refractivity (Wildman–Crippen MR) is 129 cm³/mol. The summed E-state index contributed by atoms with van der Waals surface area (Å²) in [5.74, 6) is -0.443. The van der Waals surface area contributed by atoms with Crippen molar-refractivity contribution in [3.63, 3.8) is 0 Å². The van der Waals surface area contributed by atoms with Gasteiger partial charge in [-0.15, -0.1) is 0 Å². The first-order valence-corrected chi connectivity index (χ1v) is 12.2. The molecule has 1 fully saturated rings. The molecule has 3 aromatic rings. The highest BCUT2D eigenvalue weighted by atomic mass is 35.5. The van der Waals surface area contributed by atoms with Gasteiger partial charge in [0.1, 0.15) is 22.5 Å². The average molecular weight is 471 g/mol. The van der Waals surface area contributed by atoms with Gasteiger partial charge in [0, 0.05) is 0 Å².